The second kappa shape index (κ2) is 7.93. The highest BCUT2D eigenvalue weighted by atomic mass is 16.5. The molecule has 2 aromatic rings. The van der Waals surface area contributed by atoms with Crippen molar-refractivity contribution in [2.45, 2.75) is 20.4 Å². The van der Waals surface area contributed by atoms with Crippen LogP contribution in [0.2, 0.25) is 0 Å². The number of hydrogen-bond donors (Lipinski definition) is 2. The zero-order chi connectivity index (χ0) is 15.1. The maximum Gasteiger partial charge on any atom is 0.145 e. The summed E-state index contributed by atoms with van der Waals surface area (Å²) < 4.78 is 5.43. The second-order valence-electron chi connectivity index (χ2n) is 4.90. The molecule has 2 rings (SSSR count). The van der Waals surface area contributed by atoms with Crippen LogP contribution in [-0.4, -0.2) is 36.2 Å². The fourth-order valence-corrected chi connectivity index (χ4v) is 2.33. The molecule has 0 amide bonds. The van der Waals surface area contributed by atoms with Crippen LogP contribution >= 0.6 is 0 Å². The molecule has 0 atom stereocenters. The van der Waals surface area contributed by atoms with Gasteiger partial charge in [0.2, 0.25) is 0 Å². The summed E-state index contributed by atoms with van der Waals surface area (Å²) in [6.07, 6.45) is 0. The number of benzene rings is 1. The highest BCUT2D eigenvalue weighted by molar-refractivity contribution is 5.81. The van der Waals surface area contributed by atoms with E-state index in [1.165, 1.54) is 0 Å². The summed E-state index contributed by atoms with van der Waals surface area (Å²) in [5.74, 6) is 6.36. The predicted molar refractivity (Wildman–Crippen MR) is 87.0 cm³/mol. The van der Waals surface area contributed by atoms with Gasteiger partial charge in [-0.3, -0.25) is 4.90 Å². The van der Waals surface area contributed by atoms with E-state index in [0.717, 1.165) is 55.1 Å². The van der Waals surface area contributed by atoms with Gasteiger partial charge in [-0.2, -0.15) is 0 Å². The average Bonchev–Trinajstić information content (AvgIpc) is 2.53. The third-order valence-corrected chi connectivity index (χ3v) is 3.54. The van der Waals surface area contributed by atoms with Crippen LogP contribution in [0.15, 0.2) is 30.3 Å². The molecule has 0 aliphatic heterocycles. The largest absolute Gasteiger partial charge is 0.380 e. The van der Waals surface area contributed by atoms with Crippen molar-refractivity contribution in [3.63, 3.8) is 0 Å². The van der Waals surface area contributed by atoms with Crippen molar-refractivity contribution >= 4 is 16.7 Å². The first kappa shape index (κ1) is 15.7. The van der Waals surface area contributed by atoms with E-state index >= 15 is 0 Å². The van der Waals surface area contributed by atoms with Crippen molar-refractivity contribution in [3.8, 4) is 0 Å². The van der Waals surface area contributed by atoms with E-state index in [4.69, 9.17) is 10.6 Å². The first-order chi connectivity index (χ1) is 10.3. The SMILES string of the molecule is CCOCCN(CC)Cc1cc2ccccc2nc1NN. The Kier molecular flexibility index (Phi) is 5.92. The molecule has 3 N–H and O–H groups in total. The summed E-state index contributed by atoms with van der Waals surface area (Å²) in [4.78, 5) is 6.91. The van der Waals surface area contributed by atoms with Crippen LogP contribution in [0.5, 0.6) is 0 Å². The van der Waals surface area contributed by atoms with Crippen molar-refractivity contribution < 1.29 is 4.74 Å². The number of anilines is 1. The number of fused-ring (bicyclic) bond motifs is 1. The predicted octanol–water partition coefficient (Wildman–Crippen LogP) is 2.38. The van der Waals surface area contributed by atoms with E-state index in [9.17, 15) is 0 Å². The molecule has 21 heavy (non-hydrogen) atoms. The second-order valence-corrected chi connectivity index (χ2v) is 4.90. The zero-order valence-corrected chi connectivity index (χ0v) is 12.8. The van der Waals surface area contributed by atoms with E-state index in [-0.39, 0.29) is 0 Å². The lowest BCUT2D eigenvalue weighted by molar-refractivity contribution is 0.113. The summed E-state index contributed by atoms with van der Waals surface area (Å²) in [5.41, 5.74) is 4.77. The molecule has 0 bridgehead atoms. The molecule has 1 heterocycles. The van der Waals surface area contributed by atoms with Crippen LogP contribution in [0.3, 0.4) is 0 Å². The number of nitrogens with one attached hydrogen (secondary N) is 1. The lowest BCUT2D eigenvalue weighted by Crippen LogP contribution is -2.28. The fourth-order valence-electron chi connectivity index (χ4n) is 2.33. The van der Waals surface area contributed by atoms with E-state index < -0.39 is 0 Å². The number of ether oxygens (including phenoxy) is 1. The summed E-state index contributed by atoms with van der Waals surface area (Å²) in [5, 5.41) is 1.13. The van der Waals surface area contributed by atoms with E-state index in [0.29, 0.717) is 0 Å². The number of aromatic nitrogens is 1. The minimum absolute atomic E-state index is 0.739. The van der Waals surface area contributed by atoms with Crippen LogP contribution < -0.4 is 11.3 Å². The van der Waals surface area contributed by atoms with Gasteiger partial charge >= 0.3 is 0 Å². The Morgan fingerprint density at radius 3 is 2.81 bits per heavy atom. The standard InChI is InChI=1S/C16H24N4O/c1-3-20(9-10-21-4-2)12-14-11-13-7-5-6-8-15(13)18-16(14)19-17/h5-8,11H,3-4,9-10,12,17H2,1-2H3,(H,18,19). The minimum Gasteiger partial charge on any atom is -0.380 e. The van der Waals surface area contributed by atoms with E-state index in [1.807, 2.05) is 25.1 Å². The highest BCUT2D eigenvalue weighted by Gasteiger charge is 2.10. The average molecular weight is 288 g/mol. The Labute approximate surface area is 126 Å². The van der Waals surface area contributed by atoms with Crippen molar-refractivity contribution in [2.75, 3.05) is 31.7 Å². The number of hydrazine groups is 1. The molecular weight excluding hydrogens is 264 g/mol. The molecule has 0 aliphatic carbocycles. The summed E-state index contributed by atoms with van der Waals surface area (Å²) in [6, 6.07) is 10.2. The number of pyridine rings is 1. The van der Waals surface area contributed by atoms with Crippen molar-refractivity contribution in [3.05, 3.63) is 35.9 Å². The quantitative estimate of drug-likeness (QED) is 0.443. The molecule has 1 aromatic carbocycles. The number of nitrogens with two attached hydrogens (primary N) is 1. The summed E-state index contributed by atoms with van der Waals surface area (Å²) in [6.45, 7) is 8.34. The highest BCUT2D eigenvalue weighted by Crippen LogP contribution is 2.21. The van der Waals surface area contributed by atoms with Gasteiger partial charge in [-0.05, 0) is 25.6 Å². The molecule has 114 valence electrons. The van der Waals surface area contributed by atoms with Crippen molar-refractivity contribution in [2.24, 2.45) is 5.84 Å². The zero-order valence-electron chi connectivity index (χ0n) is 12.8. The molecule has 0 saturated heterocycles. The molecular formula is C16H24N4O. The van der Waals surface area contributed by atoms with Gasteiger partial charge in [0.1, 0.15) is 5.82 Å². The maximum atomic E-state index is 5.62. The number of likely N-dealkylation sites (N-methyl/N-ethyl adjacent to an activating group) is 1. The van der Waals surface area contributed by atoms with Crippen LogP contribution in [-0.2, 0) is 11.3 Å². The van der Waals surface area contributed by atoms with Crippen molar-refractivity contribution in [1.82, 2.24) is 9.88 Å². The third kappa shape index (κ3) is 4.14. The minimum atomic E-state index is 0.739. The van der Waals surface area contributed by atoms with Crippen molar-refractivity contribution in [1.29, 1.82) is 0 Å². The van der Waals surface area contributed by atoms with Gasteiger partial charge in [-0.25, -0.2) is 10.8 Å². The number of para-hydroxylation sites is 1. The van der Waals surface area contributed by atoms with Crippen LogP contribution in [0.4, 0.5) is 5.82 Å². The molecule has 1 aromatic heterocycles. The fraction of sp³-hybridized carbons (Fsp3) is 0.438. The molecule has 5 heteroatoms. The summed E-state index contributed by atoms with van der Waals surface area (Å²) >= 11 is 0. The molecule has 5 nitrogen and oxygen atoms in total. The number of hydrogen-bond acceptors (Lipinski definition) is 5. The monoisotopic (exact) mass is 288 g/mol. The molecule has 0 radical (unpaired) electrons. The van der Waals surface area contributed by atoms with Gasteiger partial charge in [-0.15, -0.1) is 0 Å². The van der Waals surface area contributed by atoms with Gasteiger partial charge in [0.05, 0.1) is 12.1 Å². The third-order valence-electron chi connectivity index (χ3n) is 3.54. The molecule has 0 saturated carbocycles. The number of nitrogens with zero attached hydrogens (tertiary/aromatic N) is 2. The lowest BCUT2D eigenvalue weighted by Gasteiger charge is -2.21. The lowest BCUT2D eigenvalue weighted by atomic mass is 10.1. The summed E-state index contributed by atoms with van der Waals surface area (Å²) in [7, 11) is 0. The van der Waals surface area contributed by atoms with Gasteiger partial charge in [-0.1, -0.05) is 25.1 Å². The van der Waals surface area contributed by atoms with Gasteiger partial charge < -0.3 is 10.2 Å². The Balaban J connectivity index is 2.18. The number of rotatable bonds is 8. The van der Waals surface area contributed by atoms with E-state index in [2.05, 4.69) is 34.4 Å². The Bertz CT molecular complexity index is 573. The first-order valence-corrected chi connectivity index (χ1v) is 7.43. The Morgan fingerprint density at radius 1 is 1.29 bits per heavy atom. The Hall–Kier alpha value is -1.69. The number of nitrogen functional groups attached to an aromatic ring is 1. The van der Waals surface area contributed by atoms with Gasteiger partial charge in [0.15, 0.2) is 0 Å². The van der Waals surface area contributed by atoms with Crippen LogP contribution in [0.1, 0.15) is 19.4 Å². The first-order valence-electron chi connectivity index (χ1n) is 7.43. The van der Waals surface area contributed by atoms with Gasteiger partial charge in [0.25, 0.3) is 0 Å². The normalized spacial score (nSPS) is 11.2. The molecule has 0 unspecified atom stereocenters. The molecule has 0 aliphatic rings. The molecule has 0 fully saturated rings. The topological polar surface area (TPSA) is 63.4 Å². The smallest absolute Gasteiger partial charge is 0.145 e. The van der Waals surface area contributed by atoms with Crippen LogP contribution in [0, 0.1) is 0 Å². The van der Waals surface area contributed by atoms with Gasteiger partial charge in [0, 0.05) is 30.6 Å². The Morgan fingerprint density at radius 2 is 2.10 bits per heavy atom. The van der Waals surface area contributed by atoms with Crippen LogP contribution in [0.25, 0.3) is 10.9 Å². The molecule has 0 spiro atoms. The maximum absolute atomic E-state index is 5.62. The van der Waals surface area contributed by atoms with E-state index in [1.54, 1.807) is 0 Å².